The van der Waals surface area contributed by atoms with Crippen LogP contribution in [-0.4, -0.2) is 19.0 Å². The summed E-state index contributed by atoms with van der Waals surface area (Å²) in [6, 6.07) is 17.7. The van der Waals surface area contributed by atoms with E-state index in [1.54, 1.807) is 4.90 Å². The number of hydrogen-bond acceptors (Lipinski definition) is 2. The van der Waals surface area contributed by atoms with Crippen LogP contribution in [0.1, 0.15) is 6.92 Å². The molecular formula is C16H17IN2O. The van der Waals surface area contributed by atoms with Crippen LogP contribution in [0.5, 0.6) is 0 Å². The van der Waals surface area contributed by atoms with E-state index < -0.39 is 0 Å². The van der Waals surface area contributed by atoms with Crippen molar-refractivity contribution in [3.05, 3.63) is 58.2 Å². The molecule has 104 valence electrons. The first-order valence-corrected chi connectivity index (χ1v) is 7.63. The van der Waals surface area contributed by atoms with Crippen LogP contribution in [0.15, 0.2) is 54.6 Å². The summed E-state index contributed by atoms with van der Waals surface area (Å²) in [5.74, 6) is 0.0669. The molecule has 0 aliphatic carbocycles. The van der Waals surface area contributed by atoms with Gasteiger partial charge in [0.1, 0.15) is 0 Å². The fourth-order valence-electron chi connectivity index (χ4n) is 1.95. The number of anilines is 2. The van der Waals surface area contributed by atoms with Gasteiger partial charge in [0, 0.05) is 21.5 Å². The number of benzene rings is 2. The Labute approximate surface area is 133 Å². The number of hydrogen-bond donors (Lipinski definition) is 1. The predicted octanol–water partition coefficient (Wildman–Crippen LogP) is 3.76. The van der Waals surface area contributed by atoms with E-state index in [2.05, 4.69) is 27.9 Å². The zero-order valence-electron chi connectivity index (χ0n) is 11.3. The summed E-state index contributed by atoms with van der Waals surface area (Å²) in [5, 5.41) is 3.16. The van der Waals surface area contributed by atoms with Crippen LogP contribution in [0.3, 0.4) is 0 Å². The van der Waals surface area contributed by atoms with Crippen LogP contribution in [0.25, 0.3) is 0 Å². The molecule has 0 radical (unpaired) electrons. The second-order valence-electron chi connectivity index (χ2n) is 4.33. The van der Waals surface area contributed by atoms with Gasteiger partial charge in [0.25, 0.3) is 0 Å². The molecule has 1 N–H and O–H groups in total. The molecule has 3 nitrogen and oxygen atoms in total. The van der Waals surface area contributed by atoms with Gasteiger partial charge in [-0.15, -0.1) is 0 Å². The summed E-state index contributed by atoms with van der Waals surface area (Å²) in [7, 11) is 0. The molecule has 0 saturated carbocycles. The highest BCUT2D eigenvalue weighted by atomic mass is 127. The summed E-state index contributed by atoms with van der Waals surface area (Å²) in [6.45, 7) is 2.94. The molecule has 1 amide bonds. The molecule has 0 aliphatic heterocycles. The van der Waals surface area contributed by atoms with Crippen LogP contribution in [0, 0.1) is 3.57 Å². The highest BCUT2D eigenvalue weighted by molar-refractivity contribution is 14.1. The number of likely N-dealkylation sites (N-methyl/N-ethyl adjacent to an activating group) is 1. The first-order valence-electron chi connectivity index (χ1n) is 6.55. The van der Waals surface area contributed by atoms with Gasteiger partial charge in [0.15, 0.2) is 0 Å². The van der Waals surface area contributed by atoms with Crippen molar-refractivity contribution in [2.75, 3.05) is 23.3 Å². The summed E-state index contributed by atoms with van der Waals surface area (Å²) in [5.41, 5.74) is 1.90. The molecule has 0 spiro atoms. The van der Waals surface area contributed by atoms with Crippen molar-refractivity contribution in [3.8, 4) is 0 Å². The third-order valence-electron chi connectivity index (χ3n) is 2.97. The second kappa shape index (κ2) is 7.28. The van der Waals surface area contributed by atoms with E-state index in [0.717, 1.165) is 11.4 Å². The first kappa shape index (κ1) is 14.8. The van der Waals surface area contributed by atoms with E-state index in [1.165, 1.54) is 3.57 Å². The molecule has 20 heavy (non-hydrogen) atoms. The lowest BCUT2D eigenvalue weighted by Gasteiger charge is -2.21. The van der Waals surface area contributed by atoms with Crippen molar-refractivity contribution in [1.82, 2.24) is 0 Å². The molecular weight excluding hydrogens is 363 g/mol. The number of amides is 1. The molecule has 2 aromatic carbocycles. The largest absolute Gasteiger partial charge is 0.376 e. The normalized spacial score (nSPS) is 10.1. The Kier molecular flexibility index (Phi) is 5.40. The summed E-state index contributed by atoms with van der Waals surface area (Å²) in [6.07, 6.45) is 0. The quantitative estimate of drug-likeness (QED) is 0.802. The minimum Gasteiger partial charge on any atom is -0.376 e. The molecule has 2 rings (SSSR count). The van der Waals surface area contributed by atoms with Gasteiger partial charge in [-0.05, 0) is 65.9 Å². The van der Waals surface area contributed by atoms with Crippen molar-refractivity contribution in [2.45, 2.75) is 6.92 Å². The van der Waals surface area contributed by atoms with E-state index in [-0.39, 0.29) is 5.91 Å². The average Bonchev–Trinajstić information content (AvgIpc) is 2.48. The Hall–Kier alpha value is -1.56. The van der Waals surface area contributed by atoms with Gasteiger partial charge < -0.3 is 10.2 Å². The fraction of sp³-hybridized carbons (Fsp3) is 0.188. The van der Waals surface area contributed by atoms with E-state index in [0.29, 0.717) is 13.1 Å². The van der Waals surface area contributed by atoms with Gasteiger partial charge in [0.05, 0.1) is 6.54 Å². The van der Waals surface area contributed by atoms with Crippen molar-refractivity contribution in [1.29, 1.82) is 0 Å². The van der Waals surface area contributed by atoms with Gasteiger partial charge in [-0.25, -0.2) is 0 Å². The summed E-state index contributed by atoms with van der Waals surface area (Å²) >= 11 is 2.26. The SMILES string of the molecule is CCN(C(=O)CNc1ccc(I)cc1)c1ccccc1. The van der Waals surface area contributed by atoms with Gasteiger partial charge in [-0.3, -0.25) is 4.79 Å². The van der Waals surface area contributed by atoms with Crippen LogP contribution < -0.4 is 10.2 Å². The Morgan fingerprint density at radius 2 is 1.75 bits per heavy atom. The van der Waals surface area contributed by atoms with Crippen LogP contribution in [0.4, 0.5) is 11.4 Å². The topological polar surface area (TPSA) is 32.3 Å². The number of nitrogens with one attached hydrogen (secondary N) is 1. The minimum absolute atomic E-state index is 0.0669. The molecule has 0 unspecified atom stereocenters. The van der Waals surface area contributed by atoms with Gasteiger partial charge >= 0.3 is 0 Å². The maximum atomic E-state index is 12.3. The second-order valence-corrected chi connectivity index (χ2v) is 5.58. The highest BCUT2D eigenvalue weighted by Gasteiger charge is 2.12. The van der Waals surface area contributed by atoms with Crippen molar-refractivity contribution in [3.63, 3.8) is 0 Å². The smallest absolute Gasteiger partial charge is 0.246 e. The molecule has 0 aliphatic rings. The molecule has 0 saturated heterocycles. The maximum absolute atomic E-state index is 12.3. The van der Waals surface area contributed by atoms with Gasteiger partial charge in [-0.2, -0.15) is 0 Å². The molecule has 2 aromatic rings. The predicted molar refractivity (Wildman–Crippen MR) is 92.1 cm³/mol. The van der Waals surface area contributed by atoms with Crippen LogP contribution in [0.2, 0.25) is 0 Å². The number of carbonyl (C=O) groups is 1. The first-order chi connectivity index (χ1) is 9.70. The van der Waals surface area contributed by atoms with Crippen molar-refractivity contribution >= 4 is 39.9 Å². The summed E-state index contributed by atoms with van der Waals surface area (Å²) < 4.78 is 1.18. The lowest BCUT2D eigenvalue weighted by molar-refractivity contribution is -0.116. The standard InChI is InChI=1S/C16H17IN2O/c1-2-19(15-6-4-3-5-7-15)16(20)12-18-14-10-8-13(17)9-11-14/h3-11,18H,2,12H2,1H3. The Balaban J connectivity index is 1.98. The van der Waals surface area contributed by atoms with Crippen LogP contribution >= 0.6 is 22.6 Å². The Bertz CT molecular complexity index is 554. The fourth-order valence-corrected chi connectivity index (χ4v) is 2.31. The number of para-hydroxylation sites is 1. The third-order valence-corrected chi connectivity index (χ3v) is 3.69. The summed E-state index contributed by atoms with van der Waals surface area (Å²) in [4.78, 5) is 14.1. The van der Waals surface area contributed by atoms with E-state index >= 15 is 0 Å². The molecule has 0 atom stereocenters. The monoisotopic (exact) mass is 380 g/mol. The molecule has 0 fully saturated rings. The van der Waals surface area contributed by atoms with Crippen LogP contribution in [-0.2, 0) is 4.79 Å². The van der Waals surface area contributed by atoms with E-state index in [4.69, 9.17) is 0 Å². The maximum Gasteiger partial charge on any atom is 0.246 e. The lowest BCUT2D eigenvalue weighted by atomic mass is 10.2. The number of rotatable bonds is 5. The zero-order chi connectivity index (χ0) is 14.4. The zero-order valence-corrected chi connectivity index (χ0v) is 13.5. The van der Waals surface area contributed by atoms with Gasteiger partial charge in [-0.1, -0.05) is 18.2 Å². The average molecular weight is 380 g/mol. The molecule has 0 heterocycles. The number of halogens is 1. The number of carbonyl (C=O) groups excluding carboxylic acids is 1. The minimum atomic E-state index is 0.0669. The number of nitrogens with zero attached hydrogens (tertiary/aromatic N) is 1. The lowest BCUT2D eigenvalue weighted by Crippen LogP contribution is -2.35. The highest BCUT2D eigenvalue weighted by Crippen LogP contribution is 2.14. The molecule has 0 bridgehead atoms. The Morgan fingerprint density at radius 1 is 1.10 bits per heavy atom. The Morgan fingerprint density at radius 3 is 2.35 bits per heavy atom. The third kappa shape index (κ3) is 3.96. The van der Waals surface area contributed by atoms with Crippen molar-refractivity contribution < 1.29 is 4.79 Å². The van der Waals surface area contributed by atoms with Gasteiger partial charge in [0.2, 0.25) is 5.91 Å². The van der Waals surface area contributed by atoms with Crippen molar-refractivity contribution in [2.24, 2.45) is 0 Å². The van der Waals surface area contributed by atoms with E-state index in [9.17, 15) is 4.79 Å². The molecule has 0 aromatic heterocycles. The van der Waals surface area contributed by atoms with E-state index in [1.807, 2.05) is 61.5 Å². The molecule has 4 heteroatoms.